The highest BCUT2D eigenvalue weighted by atomic mass is 79.9. The minimum atomic E-state index is -0.369. The van der Waals surface area contributed by atoms with E-state index in [1.807, 2.05) is 6.92 Å². The zero-order chi connectivity index (χ0) is 23.7. The van der Waals surface area contributed by atoms with Crippen LogP contribution >= 0.6 is 15.9 Å². The van der Waals surface area contributed by atoms with E-state index >= 15 is 0 Å². The number of fused-ring (bicyclic) bond motifs is 2. The first kappa shape index (κ1) is 22.1. The Balaban J connectivity index is 1.36. The number of hydrazone groups is 1. The number of benzene rings is 1. The van der Waals surface area contributed by atoms with Gasteiger partial charge in [0, 0.05) is 46.2 Å². The van der Waals surface area contributed by atoms with Crippen LogP contribution < -0.4 is 20.2 Å². The van der Waals surface area contributed by atoms with E-state index in [0.717, 1.165) is 12.0 Å². The average molecular weight is 525 g/mol. The maximum Gasteiger partial charge on any atom is 0.291 e. The van der Waals surface area contributed by atoms with E-state index in [1.54, 1.807) is 30.5 Å². The molecule has 0 spiro atoms. The number of nitrogens with one attached hydrogen (secondary N) is 2. The summed E-state index contributed by atoms with van der Waals surface area (Å²) in [7, 11) is 0. The standard InChI is InChI=1S/C24H21BrN4O5/c1-13-21-17(28-29-23(30)14-9-15(25)12-26-11-14)3-2-4-19(21)34-22(13)24(31)27-16-5-6-18-20(10-16)33-8-7-32-18/h5-6,9-12H,2-4,7-8H2,1H3,(H,27,31)(H,29,30)/b28-17+. The SMILES string of the molecule is Cc1c(C(=O)Nc2ccc3c(c2)OCCO3)oc2c1/C(=N/NC(=O)c1cncc(Br)c1)CCC2. The molecule has 5 rings (SSSR count). The number of ether oxygens (including phenoxy) is 2. The Morgan fingerprint density at radius 3 is 2.71 bits per heavy atom. The van der Waals surface area contributed by atoms with Crippen LogP contribution in [0.15, 0.2) is 50.7 Å². The molecule has 0 unspecified atom stereocenters. The third kappa shape index (κ3) is 4.41. The van der Waals surface area contributed by atoms with E-state index in [1.165, 1.54) is 6.20 Å². The van der Waals surface area contributed by atoms with Gasteiger partial charge in [-0.15, -0.1) is 0 Å². The molecule has 0 radical (unpaired) electrons. The number of hydrogen-bond donors (Lipinski definition) is 2. The fourth-order valence-electron chi connectivity index (χ4n) is 4.02. The molecule has 0 bridgehead atoms. The van der Waals surface area contributed by atoms with Crippen molar-refractivity contribution in [2.24, 2.45) is 5.10 Å². The first-order valence-electron chi connectivity index (χ1n) is 10.8. The zero-order valence-corrected chi connectivity index (χ0v) is 19.9. The molecule has 9 nitrogen and oxygen atoms in total. The topological polar surface area (TPSA) is 115 Å². The lowest BCUT2D eigenvalue weighted by atomic mass is 9.93. The summed E-state index contributed by atoms with van der Waals surface area (Å²) in [6.45, 7) is 2.78. The van der Waals surface area contributed by atoms with Gasteiger partial charge in [0.05, 0.1) is 11.3 Å². The lowest BCUT2D eigenvalue weighted by molar-refractivity contribution is 0.0953. The van der Waals surface area contributed by atoms with E-state index in [-0.39, 0.29) is 17.6 Å². The molecule has 3 heterocycles. The van der Waals surface area contributed by atoms with Crippen LogP contribution in [0.3, 0.4) is 0 Å². The van der Waals surface area contributed by atoms with Crippen molar-refractivity contribution in [3.8, 4) is 11.5 Å². The van der Waals surface area contributed by atoms with Crippen molar-refractivity contribution >= 4 is 39.1 Å². The van der Waals surface area contributed by atoms with E-state index < -0.39 is 0 Å². The number of furan rings is 1. The van der Waals surface area contributed by atoms with Gasteiger partial charge >= 0.3 is 0 Å². The van der Waals surface area contributed by atoms with Crippen LogP contribution in [0.5, 0.6) is 11.5 Å². The molecule has 0 saturated heterocycles. The summed E-state index contributed by atoms with van der Waals surface area (Å²) in [4.78, 5) is 29.5. The fraction of sp³-hybridized carbons (Fsp3) is 0.250. The summed E-state index contributed by atoms with van der Waals surface area (Å²) in [5.41, 5.74) is 5.68. The normalized spacial score (nSPS) is 15.5. The van der Waals surface area contributed by atoms with Gasteiger partial charge in [-0.05, 0) is 53.9 Å². The largest absolute Gasteiger partial charge is 0.486 e. The van der Waals surface area contributed by atoms with Crippen molar-refractivity contribution in [2.75, 3.05) is 18.5 Å². The zero-order valence-electron chi connectivity index (χ0n) is 18.3. The van der Waals surface area contributed by atoms with Gasteiger partial charge in [0.2, 0.25) is 0 Å². The average Bonchev–Trinajstić information content (AvgIpc) is 3.19. The molecule has 1 aromatic carbocycles. The summed E-state index contributed by atoms with van der Waals surface area (Å²) in [6.07, 6.45) is 5.22. The van der Waals surface area contributed by atoms with Gasteiger partial charge < -0.3 is 19.2 Å². The van der Waals surface area contributed by atoms with Crippen molar-refractivity contribution in [3.63, 3.8) is 0 Å². The van der Waals surface area contributed by atoms with Crippen molar-refractivity contribution < 1.29 is 23.5 Å². The third-order valence-corrected chi connectivity index (χ3v) is 6.03. The predicted molar refractivity (Wildman–Crippen MR) is 128 cm³/mol. The molecule has 2 N–H and O–H groups in total. The first-order chi connectivity index (χ1) is 16.5. The molecule has 2 aromatic heterocycles. The highest BCUT2D eigenvalue weighted by Gasteiger charge is 2.28. The Morgan fingerprint density at radius 1 is 1.06 bits per heavy atom. The van der Waals surface area contributed by atoms with E-state index in [0.29, 0.717) is 70.3 Å². The lowest BCUT2D eigenvalue weighted by Gasteiger charge is -2.18. The van der Waals surface area contributed by atoms with Crippen LogP contribution in [0.25, 0.3) is 0 Å². The van der Waals surface area contributed by atoms with Crippen molar-refractivity contribution in [2.45, 2.75) is 26.2 Å². The summed E-state index contributed by atoms with van der Waals surface area (Å²) in [6, 6.07) is 6.91. The minimum Gasteiger partial charge on any atom is -0.486 e. The number of pyridine rings is 1. The van der Waals surface area contributed by atoms with Gasteiger partial charge in [0.25, 0.3) is 11.8 Å². The highest BCUT2D eigenvalue weighted by molar-refractivity contribution is 9.10. The molecule has 174 valence electrons. The first-order valence-corrected chi connectivity index (χ1v) is 11.6. The Bertz CT molecular complexity index is 1320. The van der Waals surface area contributed by atoms with Gasteiger partial charge in [-0.2, -0.15) is 5.10 Å². The second-order valence-electron chi connectivity index (χ2n) is 7.91. The quantitative estimate of drug-likeness (QED) is 0.493. The minimum absolute atomic E-state index is 0.219. The predicted octanol–water partition coefficient (Wildman–Crippen LogP) is 4.24. The van der Waals surface area contributed by atoms with Crippen molar-refractivity contribution in [1.29, 1.82) is 0 Å². The Labute approximate surface area is 203 Å². The molecule has 0 saturated carbocycles. The molecule has 0 fully saturated rings. The number of anilines is 1. The number of halogens is 1. The molecule has 10 heteroatoms. The molecular formula is C24H21BrN4O5. The van der Waals surface area contributed by atoms with Crippen molar-refractivity contribution in [3.05, 3.63) is 69.3 Å². The molecule has 1 aliphatic carbocycles. The van der Waals surface area contributed by atoms with E-state index in [4.69, 9.17) is 13.9 Å². The molecule has 34 heavy (non-hydrogen) atoms. The molecule has 2 aliphatic rings. The van der Waals surface area contributed by atoms with Gasteiger partial charge in [0.15, 0.2) is 17.3 Å². The Hall–Kier alpha value is -3.66. The fourth-order valence-corrected chi connectivity index (χ4v) is 4.39. The Kier molecular flexibility index (Phi) is 6.06. The number of rotatable bonds is 4. The number of hydrogen-bond acceptors (Lipinski definition) is 7. The van der Waals surface area contributed by atoms with E-state index in [2.05, 4.69) is 36.8 Å². The van der Waals surface area contributed by atoms with E-state index in [9.17, 15) is 9.59 Å². The number of aromatic nitrogens is 1. The van der Waals surface area contributed by atoms with Gasteiger partial charge in [-0.3, -0.25) is 14.6 Å². The third-order valence-electron chi connectivity index (χ3n) is 5.59. The van der Waals surface area contributed by atoms with Gasteiger partial charge in [0.1, 0.15) is 19.0 Å². The Morgan fingerprint density at radius 2 is 1.88 bits per heavy atom. The number of nitrogens with zero attached hydrogens (tertiary/aromatic N) is 2. The van der Waals surface area contributed by atoms with Crippen LogP contribution in [0.4, 0.5) is 5.69 Å². The molecular weight excluding hydrogens is 504 g/mol. The van der Waals surface area contributed by atoms with Crippen molar-refractivity contribution in [1.82, 2.24) is 10.4 Å². The summed E-state index contributed by atoms with van der Waals surface area (Å²) in [5.74, 6) is 1.41. The van der Waals surface area contributed by atoms with Gasteiger partial charge in [-0.25, -0.2) is 5.43 Å². The summed E-state index contributed by atoms with van der Waals surface area (Å²) < 4.78 is 17.8. The molecule has 0 atom stereocenters. The monoisotopic (exact) mass is 524 g/mol. The number of carbonyl (C=O) groups is 2. The van der Waals surface area contributed by atoms with Crippen LogP contribution in [0.2, 0.25) is 0 Å². The van der Waals surface area contributed by atoms with Crippen LogP contribution in [-0.4, -0.2) is 35.7 Å². The van der Waals surface area contributed by atoms with Crippen LogP contribution in [0, 0.1) is 6.92 Å². The summed E-state index contributed by atoms with van der Waals surface area (Å²) >= 11 is 3.31. The summed E-state index contributed by atoms with van der Waals surface area (Å²) in [5, 5.41) is 7.21. The van der Waals surface area contributed by atoms with Crippen LogP contribution in [-0.2, 0) is 6.42 Å². The lowest BCUT2D eigenvalue weighted by Crippen LogP contribution is -2.22. The number of amides is 2. The second kappa shape index (κ2) is 9.30. The maximum atomic E-state index is 13.0. The smallest absolute Gasteiger partial charge is 0.291 e. The highest BCUT2D eigenvalue weighted by Crippen LogP contribution is 2.34. The number of aryl methyl sites for hydroxylation is 1. The second-order valence-corrected chi connectivity index (χ2v) is 8.83. The van der Waals surface area contributed by atoms with Crippen LogP contribution in [0.1, 0.15) is 50.6 Å². The molecule has 1 aliphatic heterocycles. The molecule has 3 aromatic rings. The van der Waals surface area contributed by atoms with Gasteiger partial charge in [-0.1, -0.05) is 0 Å². The number of carbonyl (C=O) groups excluding carboxylic acids is 2. The maximum absolute atomic E-state index is 13.0. The molecule has 2 amide bonds.